The average molecular weight is 605 g/mol. The van der Waals surface area contributed by atoms with Crippen LogP contribution in [0.1, 0.15) is 70.1 Å². The second-order valence-electron chi connectivity index (χ2n) is 16.8. The van der Waals surface area contributed by atoms with Gasteiger partial charge in [0.25, 0.3) is 0 Å². The van der Waals surface area contributed by atoms with Gasteiger partial charge in [0.1, 0.15) is 5.78 Å². The molecule has 0 bridgehead atoms. The number of Topliss-reactive ketones (excluding diaryl/α,β-unsaturated/α-hetero) is 1. The van der Waals surface area contributed by atoms with Gasteiger partial charge in [-0.3, -0.25) is 4.79 Å². The van der Waals surface area contributed by atoms with Crippen LogP contribution >= 0.6 is 17.2 Å². The third-order valence-corrected chi connectivity index (χ3v) is 17.1. The quantitative estimate of drug-likeness (QED) is 0.252. The highest BCUT2D eigenvalue weighted by molar-refractivity contribution is 7.69. The molecular formula is C32H58N2OP2Si2. The number of ketones is 1. The van der Waals surface area contributed by atoms with Gasteiger partial charge < -0.3 is 10.6 Å². The van der Waals surface area contributed by atoms with Crippen LogP contribution in [-0.2, 0) is 22.0 Å². The van der Waals surface area contributed by atoms with Gasteiger partial charge in [0.05, 0.1) is 0 Å². The van der Waals surface area contributed by atoms with Crippen molar-refractivity contribution in [2.24, 2.45) is 11.8 Å². The van der Waals surface area contributed by atoms with Crippen molar-refractivity contribution in [3.05, 3.63) is 28.8 Å². The van der Waals surface area contributed by atoms with E-state index in [1.807, 2.05) is 0 Å². The van der Waals surface area contributed by atoms with Gasteiger partial charge in [-0.2, -0.15) is 0 Å². The first kappa shape index (κ1) is 32.0. The molecule has 3 aliphatic rings. The molecule has 0 radical (unpaired) electrons. The Morgan fingerprint density at radius 1 is 0.846 bits per heavy atom. The molecule has 4 rings (SSSR count). The van der Waals surface area contributed by atoms with Crippen LogP contribution < -0.4 is 15.9 Å². The van der Waals surface area contributed by atoms with Gasteiger partial charge in [-0.05, 0) is 95.3 Å². The van der Waals surface area contributed by atoms with Crippen LogP contribution in [0.3, 0.4) is 0 Å². The lowest BCUT2D eigenvalue weighted by Crippen LogP contribution is -2.48. The summed E-state index contributed by atoms with van der Waals surface area (Å²) in [4.78, 5) is 13.0. The van der Waals surface area contributed by atoms with Crippen molar-refractivity contribution >= 4 is 44.4 Å². The van der Waals surface area contributed by atoms with E-state index in [0.717, 1.165) is 39.0 Å². The third kappa shape index (κ3) is 7.02. The van der Waals surface area contributed by atoms with E-state index in [1.165, 1.54) is 24.9 Å². The number of benzene rings is 1. The Balaban J connectivity index is 2.04. The monoisotopic (exact) mass is 604 g/mol. The molecule has 3 unspecified atom stereocenters. The lowest BCUT2D eigenvalue weighted by atomic mass is 9.74. The second kappa shape index (κ2) is 11.3. The summed E-state index contributed by atoms with van der Waals surface area (Å²) in [5.74, 6) is 1.71. The van der Waals surface area contributed by atoms with E-state index in [1.54, 1.807) is 22.0 Å². The highest BCUT2D eigenvalue weighted by Gasteiger charge is 2.52. The summed E-state index contributed by atoms with van der Waals surface area (Å²) >= 11 is 0. The maximum Gasteiger partial charge on any atom is 0.134 e. The molecule has 1 aromatic rings. The molecule has 3 atom stereocenters. The van der Waals surface area contributed by atoms with Crippen LogP contribution in [0.15, 0.2) is 12.1 Å². The van der Waals surface area contributed by atoms with E-state index in [0.29, 0.717) is 17.6 Å². The number of hydrogen-bond donors (Lipinski definition) is 2. The van der Waals surface area contributed by atoms with Crippen molar-refractivity contribution in [1.82, 2.24) is 10.6 Å². The molecule has 3 saturated heterocycles. The minimum absolute atomic E-state index is 0.00701. The molecule has 1 aromatic carbocycles. The summed E-state index contributed by atoms with van der Waals surface area (Å²) in [6, 6.07) is 8.02. The maximum atomic E-state index is 13.0. The minimum atomic E-state index is -1.33. The van der Waals surface area contributed by atoms with Crippen LogP contribution in [0.25, 0.3) is 0 Å². The first-order chi connectivity index (χ1) is 17.8. The van der Waals surface area contributed by atoms with Gasteiger partial charge >= 0.3 is 0 Å². The highest BCUT2D eigenvalue weighted by atomic mass is 31.1. The molecule has 0 spiro atoms. The van der Waals surface area contributed by atoms with Crippen molar-refractivity contribution in [1.29, 1.82) is 0 Å². The van der Waals surface area contributed by atoms with Gasteiger partial charge in [0, 0.05) is 34.1 Å². The average Bonchev–Trinajstić information content (AvgIpc) is 3.45. The zero-order valence-electron chi connectivity index (χ0n) is 26.8. The van der Waals surface area contributed by atoms with Crippen LogP contribution in [-0.4, -0.2) is 58.4 Å². The van der Waals surface area contributed by atoms with Gasteiger partial charge in [-0.25, -0.2) is 0 Å². The predicted octanol–water partition coefficient (Wildman–Crippen LogP) is 6.84. The Morgan fingerprint density at radius 2 is 1.28 bits per heavy atom. The van der Waals surface area contributed by atoms with Crippen molar-refractivity contribution in [3.63, 3.8) is 0 Å². The molecule has 7 heteroatoms. The summed E-state index contributed by atoms with van der Waals surface area (Å²) in [6.07, 6.45) is 3.95. The van der Waals surface area contributed by atoms with Gasteiger partial charge in [0.15, 0.2) is 0 Å². The van der Waals surface area contributed by atoms with Gasteiger partial charge in [0.2, 0.25) is 0 Å². The van der Waals surface area contributed by atoms with Crippen LogP contribution in [0.5, 0.6) is 0 Å². The SMILES string of the molecule is CC1(C)CC(=O)CC(C)(C)P1c1cc(C[Si](C)(C)C)c(C[Si](C)(C)C)cc1C(P)(C1CCNC1)C1CCNC1. The molecular weight excluding hydrogens is 546 g/mol. The summed E-state index contributed by atoms with van der Waals surface area (Å²) in [7, 11) is 0.331. The zero-order chi connectivity index (χ0) is 29.0. The fraction of sp³-hybridized carbons (Fsp3) is 0.781. The lowest BCUT2D eigenvalue weighted by Gasteiger charge is -2.52. The predicted molar refractivity (Wildman–Crippen MR) is 183 cm³/mol. The van der Waals surface area contributed by atoms with E-state index in [9.17, 15) is 4.79 Å². The van der Waals surface area contributed by atoms with Crippen molar-refractivity contribution in [3.8, 4) is 0 Å². The number of carbonyl (C=O) groups excluding carboxylic acids is 1. The summed E-state index contributed by atoms with van der Waals surface area (Å²) in [6.45, 7) is 29.4. The smallest absolute Gasteiger partial charge is 0.134 e. The standard InChI is InChI=1S/C32H58N2OP2Si2/c1-30(2)17-27(35)18-31(3,4)37(30)29-16-24(22-39(8,9)10)23(21-38(5,6)7)15-28(29)32(36,25-11-13-33-19-25)26-12-14-34-20-26/h15-16,25-26,33-34H,11-14,17-22,36H2,1-10H3. The first-order valence-electron chi connectivity index (χ1n) is 15.5. The Labute approximate surface area is 246 Å². The topological polar surface area (TPSA) is 41.1 Å². The Bertz CT molecular complexity index is 1030. The first-order valence-corrected chi connectivity index (χ1v) is 24.9. The number of hydrogen-bond acceptors (Lipinski definition) is 3. The summed E-state index contributed by atoms with van der Waals surface area (Å²) in [5.41, 5.74) is 4.93. The molecule has 39 heavy (non-hydrogen) atoms. The molecule has 0 saturated carbocycles. The zero-order valence-corrected chi connectivity index (χ0v) is 30.9. The number of rotatable bonds is 8. The lowest BCUT2D eigenvalue weighted by molar-refractivity contribution is -0.120. The molecule has 0 aliphatic carbocycles. The summed E-state index contributed by atoms with van der Waals surface area (Å²) < 4.78 is 0. The second-order valence-corrected chi connectivity index (χ2v) is 32.3. The van der Waals surface area contributed by atoms with E-state index < -0.39 is 24.1 Å². The molecule has 3 aliphatic heterocycles. The maximum absolute atomic E-state index is 13.0. The van der Waals surface area contributed by atoms with Gasteiger partial charge in [-0.1, -0.05) is 87.0 Å². The molecule has 2 N–H and O–H groups in total. The largest absolute Gasteiger partial charge is 0.316 e. The van der Waals surface area contributed by atoms with Crippen molar-refractivity contribution in [2.75, 3.05) is 26.2 Å². The molecule has 0 amide bonds. The normalized spacial score (nSPS) is 27.6. The molecule has 3 fully saturated rings. The Hall–Kier alpha value is 0.104. The van der Waals surface area contributed by atoms with Crippen LogP contribution in [0, 0.1) is 11.8 Å². The molecule has 0 aromatic heterocycles. The van der Waals surface area contributed by atoms with E-state index in [4.69, 9.17) is 0 Å². The van der Waals surface area contributed by atoms with E-state index in [-0.39, 0.29) is 15.5 Å². The highest BCUT2D eigenvalue weighted by Crippen LogP contribution is 2.66. The third-order valence-electron chi connectivity index (χ3n) is 9.41. The van der Waals surface area contributed by atoms with Crippen molar-refractivity contribution in [2.45, 2.75) is 120 Å². The van der Waals surface area contributed by atoms with Crippen molar-refractivity contribution < 1.29 is 4.79 Å². The van der Waals surface area contributed by atoms with Crippen LogP contribution in [0.2, 0.25) is 39.3 Å². The fourth-order valence-corrected chi connectivity index (χ4v) is 16.5. The molecule has 3 nitrogen and oxygen atoms in total. The van der Waals surface area contributed by atoms with E-state index >= 15 is 0 Å². The Morgan fingerprint density at radius 3 is 1.67 bits per heavy atom. The van der Waals surface area contributed by atoms with E-state index in [2.05, 4.69) is 99.0 Å². The Kier molecular flexibility index (Phi) is 9.29. The molecule has 220 valence electrons. The molecule has 3 heterocycles. The van der Waals surface area contributed by atoms with Crippen LogP contribution in [0.4, 0.5) is 0 Å². The van der Waals surface area contributed by atoms with Gasteiger partial charge in [-0.15, -0.1) is 9.24 Å². The number of nitrogens with one attached hydrogen (secondary N) is 2. The number of carbonyl (C=O) groups is 1. The fourth-order valence-electron chi connectivity index (χ4n) is 8.24. The summed E-state index contributed by atoms with van der Waals surface area (Å²) in [5, 5.41) is 9.21. The minimum Gasteiger partial charge on any atom is -0.316 e.